The lowest BCUT2D eigenvalue weighted by atomic mass is 10.0. The van der Waals surface area contributed by atoms with Gasteiger partial charge in [0.2, 0.25) is 0 Å². The number of aromatic nitrogens is 1. The van der Waals surface area contributed by atoms with Gasteiger partial charge in [0.25, 0.3) is 0 Å². The number of piperidine rings is 1. The lowest BCUT2D eigenvalue weighted by Crippen LogP contribution is -2.31. The molecule has 2 aromatic carbocycles. The number of aryl methyl sites for hydroxylation is 2. The molecular weight excluding hydrogens is 372 g/mol. The first kappa shape index (κ1) is 20.7. The molecule has 1 aromatic heterocycles. The molecule has 1 N–H and O–H groups in total. The van der Waals surface area contributed by atoms with Crippen LogP contribution in [0, 0.1) is 13.8 Å². The van der Waals surface area contributed by atoms with Gasteiger partial charge in [0.05, 0.1) is 5.56 Å². The SMILES string of the molecule is Cc1ccccc1C(C)OC(=O)c1c(C)[nH]c2ccc(CCN3CCCCC3)cc12. The number of carbonyl (C=O) groups excluding carboxylic acids is 1. The van der Waals surface area contributed by atoms with Crippen molar-refractivity contribution >= 4 is 16.9 Å². The highest BCUT2D eigenvalue weighted by molar-refractivity contribution is 6.05. The van der Waals surface area contributed by atoms with E-state index in [9.17, 15) is 4.79 Å². The van der Waals surface area contributed by atoms with Gasteiger partial charge in [0.1, 0.15) is 6.10 Å². The maximum Gasteiger partial charge on any atom is 0.341 e. The number of benzene rings is 2. The molecule has 3 aromatic rings. The number of nitrogens with zero attached hydrogens (tertiary/aromatic N) is 1. The average molecular weight is 405 g/mol. The number of ether oxygens (including phenoxy) is 1. The van der Waals surface area contributed by atoms with E-state index in [4.69, 9.17) is 4.74 Å². The van der Waals surface area contributed by atoms with Crippen LogP contribution in [0.4, 0.5) is 0 Å². The van der Waals surface area contributed by atoms with Crippen molar-refractivity contribution in [1.29, 1.82) is 0 Å². The summed E-state index contributed by atoms with van der Waals surface area (Å²) >= 11 is 0. The van der Waals surface area contributed by atoms with Crippen LogP contribution in [0.25, 0.3) is 10.9 Å². The minimum Gasteiger partial charge on any atom is -0.454 e. The number of carbonyl (C=O) groups is 1. The Kier molecular flexibility index (Phi) is 6.24. The molecule has 0 radical (unpaired) electrons. The van der Waals surface area contributed by atoms with Crippen LogP contribution >= 0.6 is 0 Å². The number of nitrogens with one attached hydrogen (secondary N) is 1. The van der Waals surface area contributed by atoms with Crippen molar-refractivity contribution in [3.05, 3.63) is 70.4 Å². The third-order valence-electron chi connectivity index (χ3n) is 6.33. The summed E-state index contributed by atoms with van der Waals surface area (Å²) in [5, 5.41) is 0.964. The normalized spacial score (nSPS) is 16.0. The first-order valence-electron chi connectivity index (χ1n) is 11.1. The molecule has 1 aliphatic rings. The van der Waals surface area contributed by atoms with Crippen molar-refractivity contribution in [2.45, 2.75) is 52.6 Å². The molecule has 4 nitrogen and oxygen atoms in total. The number of rotatable bonds is 6. The topological polar surface area (TPSA) is 45.3 Å². The first-order chi connectivity index (χ1) is 14.5. The Bertz CT molecular complexity index is 1030. The number of fused-ring (bicyclic) bond motifs is 1. The van der Waals surface area contributed by atoms with Gasteiger partial charge in [-0.05, 0) is 81.9 Å². The molecule has 1 atom stereocenters. The standard InChI is InChI=1S/C26H32N2O2/c1-18-9-5-6-10-22(18)20(3)30-26(29)25-19(2)27-24-12-11-21(17-23(24)25)13-16-28-14-7-4-8-15-28/h5-6,9-12,17,20,27H,4,7-8,13-16H2,1-3H3. The molecule has 0 amide bonds. The summed E-state index contributed by atoms with van der Waals surface area (Å²) in [7, 11) is 0. The molecule has 0 bridgehead atoms. The van der Waals surface area contributed by atoms with E-state index in [1.54, 1.807) is 0 Å². The van der Waals surface area contributed by atoms with Crippen molar-refractivity contribution in [3.63, 3.8) is 0 Å². The fourth-order valence-corrected chi connectivity index (χ4v) is 4.59. The number of hydrogen-bond donors (Lipinski definition) is 1. The highest BCUT2D eigenvalue weighted by atomic mass is 16.5. The number of H-pyrrole nitrogens is 1. The van der Waals surface area contributed by atoms with Gasteiger partial charge in [-0.2, -0.15) is 0 Å². The van der Waals surface area contributed by atoms with E-state index in [-0.39, 0.29) is 12.1 Å². The molecule has 1 saturated heterocycles. The monoisotopic (exact) mass is 404 g/mol. The van der Waals surface area contributed by atoms with Crippen LogP contribution in [0.15, 0.2) is 42.5 Å². The fraction of sp³-hybridized carbons (Fsp3) is 0.423. The van der Waals surface area contributed by atoms with Crippen LogP contribution in [-0.4, -0.2) is 35.5 Å². The quantitative estimate of drug-likeness (QED) is 0.534. The Morgan fingerprint density at radius 2 is 1.87 bits per heavy atom. The minimum absolute atomic E-state index is 0.261. The number of esters is 1. The lowest BCUT2D eigenvalue weighted by Gasteiger charge is -2.26. The summed E-state index contributed by atoms with van der Waals surface area (Å²) < 4.78 is 5.88. The number of aromatic amines is 1. The smallest absolute Gasteiger partial charge is 0.341 e. The van der Waals surface area contributed by atoms with Gasteiger partial charge in [-0.1, -0.05) is 36.8 Å². The first-order valence-corrected chi connectivity index (χ1v) is 11.1. The molecule has 0 saturated carbocycles. The lowest BCUT2D eigenvalue weighted by molar-refractivity contribution is 0.0338. The molecule has 0 aliphatic carbocycles. The van der Waals surface area contributed by atoms with Crippen molar-refractivity contribution < 1.29 is 9.53 Å². The Morgan fingerprint density at radius 1 is 1.10 bits per heavy atom. The van der Waals surface area contributed by atoms with E-state index >= 15 is 0 Å². The molecule has 4 heteroatoms. The number of hydrogen-bond acceptors (Lipinski definition) is 3. The van der Waals surface area contributed by atoms with Crippen molar-refractivity contribution in [3.8, 4) is 0 Å². The molecule has 2 heterocycles. The molecule has 0 spiro atoms. The van der Waals surface area contributed by atoms with E-state index in [0.29, 0.717) is 5.56 Å². The Hall–Kier alpha value is -2.59. The van der Waals surface area contributed by atoms with Crippen LogP contribution in [0.3, 0.4) is 0 Å². The van der Waals surface area contributed by atoms with Crippen molar-refractivity contribution in [2.24, 2.45) is 0 Å². The fourth-order valence-electron chi connectivity index (χ4n) is 4.59. The van der Waals surface area contributed by atoms with Gasteiger partial charge in [-0.15, -0.1) is 0 Å². The second-order valence-electron chi connectivity index (χ2n) is 8.56. The van der Waals surface area contributed by atoms with E-state index in [1.807, 2.05) is 45.0 Å². The predicted molar refractivity (Wildman–Crippen MR) is 122 cm³/mol. The molecule has 1 aliphatic heterocycles. The van der Waals surface area contributed by atoms with E-state index in [1.165, 1.54) is 37.9 Å². The molecule has 4 rings (SSSR count). The third-order valence-corrected chi connectivity index (χ3v) is 6.33. The molecular formula is C26H32N2O2. The van der Waals surface area contributed by atoms with Gasteiger partial charge in [-0.3, -0.25) is 0 Å². The van der Waals surface area contributed by atoms with Crippen LogP contribution in [0.1, 0.15) is 65.0 Å². The highest BCUT2D eigenvalue weighted by Crippen LogP contribution is 2.28. The second kappa shape index (κ2) is 9.05. The summed E-state index contributed by atoms with van der Waals surface area (Å²) in [5.74, 6) is -0.261. The maximum atomic E-state index is 13.1. The summed E-state index contributed by atoms with van der Waals surface area (Å²) in [6.07, 6.45) is 4.70. The van der Waals surface area contributed by atoms with Gasteiger partial charge in [0.15, 0.2) is 0 Å². The van der Waals surface area contributed by atoms with Crippen molar-refractivity contribution in [2.75, 3.05) is 19.6 Å². The van der Waals surface area contributed by atoms with Crippen LogP contribution < -0.4 is 0 Å². The predicted octanol–water partition coefficient (Wildman–Crippen LogP) is 5.73. The second-order valence-corrected chi connectivity index (χ2v) is 8.56. The van der Waals surface area contributed by atoms with Crippen LogP contribution in [-0.2, 0) is 11.2 Å². The Balaban J connectivity index is 1.53. The molecule has 30 heavy (non-hydrogen) atoms. The van der Waals surface area contributed by atoms with Gasteiger partial charge in [-0.25, -0.2) is 4.79 Å². The largest absolute Gasteiger partial charge is 0.454 e. The van der Waals surface area contributed by atoms with Gasteiger partial charge >= 0.3 is 5.97 Å². The zero-order valence-corrected chi connectivity index (χ0v) is 18.3. The summed E-state index contributed by atoms with van der Waals surface area (Å²) in [6, 6.07) is 14.5. The van der Waals surface area contributed by atoms with Crippen LogP contribution in [0.2, 0.25) is 0 Å². The minimum atomic E-state index is -0.287. The zero-order valence-electron chi connectivity index (χ0n) is 18.3. The van der Waals surface area contributed by atoms with Crippen LogP contribution in [0.5, 0.6) is 0 Å². The van der Waals surface area contributed by atoms with Gasteiger partial charge < -0.3 is 14.6 Å². The molecule has 1 fully saturated rings. The Morgan fingerprint density at radius 3 is 2.63 bits per heavy atom. The van der Waals surface area contributed by atoms with Gasteiger partial charge in [0, 0.05) is 23.1 Å². The molecule has 158 valence electrons. The van der Waals surface area contributed by atoms with Crippen molar-refractivity contribution in [1.82, 2.24) is 9.88 Å². The highest BCUT2D eigenvalue weighted by Gasteiger charge is 2.21. The van der Waals surface area contributed by atoms with E-state index < -0.39 is 0 Å². The summed E-state index contributed by atoms with van der Waals surface area (Å²) in [5.41, 5.74) is 5.96. The summed E-state index contributed by atoms with van der Waals surface area (Å²) in [4.78, 5) is 19.0. The number of likely N-dealkylation sites (tertiary alicyclic amines) is 1. The maximum absolute atomic E-state index is 13.1. The Labute approximate surface area is 179 Å². The van der Waals surface area contributed by atoms with E-state index in [2.05, 4.69) is 28.1 Å². The summed E-state index contributed by atoms with van der Waals surface area (Å²) in [6.45, 7) is 9.43. The zero-order chi connectivity index (χ0) is 21.1. The van der Waals surface area contributed by atoms with E-state index in [0.717, 1.165) is 40.7 Å². The molecule has 1 unspecified atom stereocenters. The third kappa shape index (κ3) is 4.44. The average Bonchev–Trinajstić information content (AvgIpc) is 3.08.